The number of pyridine rings is 1. The number of nitrogens with one attached hydrogen (secondary N) is 1. The van der Waals surface area contributed by atoms with Gasteiger partial charge in [-0.15, -0.1) is 0 Å². The minimum atomic E-state index is -0.421. The molecule has 1 aromatic carbocycles. The van der Waals surface area contributed by atoms with Crippen molar-refractivity contribution in [3.8, 4) is 11.1 Å². The number of benzene rings is 1. The van der Waals surface area contributed by atoms with Gasteiger partial charge in [-0.1, -0.05) is 24.1 Å². The molecule has 10 heteroatoms. The normalized spacial score (nSPS) is 22.6. The average molecular weight is 552 g/mol. The summed E-state index contributed by atoms with van der Waals surface area (Å²) >= 11 is 6.58. The number of carbonyl (C=O) groups is 2. The van der Waals surface area contributed by atoms with E-state index in [9.17, 15) is 14.7 Å². The number of imidazole rings is 1. The zero-order valence-corrected chi connectivity index (χ0v) is 22.6. The SMILES string of the molecule is O=C(Nc1cc(-c2ccc3ncn(CC4CCOCC4)c3c2)c(Cl)cn1)C1CCCC(C(=O)N2CC(O)C2)C1. The molecule has 4 heterocycles. The van der Waals surface area contributed by atoms with E-state index in [1.54, 1.807) is 11.1 Å². The van der Waals surface area contributed by atoms with Crippen molar-refractivity contribution < 1.29 is 19.4 Å². The summed E-state index contributed by atoms with van der Waals surface area (Å²) in [6.45, 7) is 3.31. The first-order valence-electron chi connectivity index (χ1n) is 13.9. The van der Waals surface area contributed by atoms with E-state index in [0.717, 1.165) is 74.0 Å². The van der Waals surface area contributed by atoms with Gasteiger partial charge in [-0.25, -0.2) is 9.97 Å². The molecule has 3 aromatic rings. The zero-order chi connectivity index (χ0) is 26.9. The molecular formula is C29H34ClN5O4. The number of anilines is 1. The van der Waals surface area contributed by atoms with Gasteiger partial charge in [0.15, 0.2) is 0 Å². The van der Waals surface area contributed by atoms with Gasteiger partial charge in [0.1, 0.15) is 5.82 Å². The lowest BCUT2D eigenvalue weighted by Crippen LogP contribution is -2.55. The number of hydrogen-bond acceptors (Lipinski definition) is 6. The molecular weight excluding hydrogens is 518 g/mol. The van der Waals surface area contributed by atoms with Crippen LogP contribution in [-0.4, -0.2) is 68.8 Å². The summed E-state index contributed by atoms with van der Waals surface area (Å²) in [5, 5.41) is 13.0. The highest BCUT2D eigenvalue weighted by Gasteiger charge is 2.37. The highest BCUT2D eigenvalue weighted by molar-refractivity contribution is 6.33. The van der Waals surface area contributed by atoms with Crippen molar-refractivity contribution in [1.29, 1.82) is 0 Å². The van der Waals surface area contributed by atoms with E-state index in [1.807, 2.05) is 24.5 Å². The number of rotatable bonds is 6. The lowest BCUT2D eigenvalue weighted by Gasteiger charge is -2.39. The molecule has 39 heavy (non-hydrogen) atoms. The van der Waals surface area contributed by atoms with Crippen LogP contribution in [0.15, 0.2) is 36.8 Å². The monoisotopic (exact) mass is 551 g/mol. The van der Waals surface area contributed by atoms with E-state index >= 15 is 0 Å². The number of aromatic nitrogens is 3. The molecule has 3 aliphatic rings. The summed E-state index contributed by atoms with van der Waals surface area (Å²) in [5.74, 6) is 0.509. The van der Waals surface area contributed by atoms with E-state index in [2.05, 4.69) is 25.9 Å². The van der Waals surface area contributed by atoms with Crippen LogP contribution in [0.25, 0.3) is 22.2 Å². The van der Waals surface area contributed by atoms with Crippen molar-refractivity contribution in [2.24, 2.45) is 17.8 Å². The van der Waals surface area contributed by atoms with Gasteiger partial charge in [-0.2, -0.15) is 0 Å². The van der Waals surface area contributed by atoms with Crippen LogP contribution in [-0.2, 0) is 20.9 Å². The summed E-state index contributed by atoms with van der Waals surface area (Å²) in [4.78, 5) is 36.6. The van der Waals surface area contributed by atoms with Crippen LogP contribution in [0.2, 0.25) is 5.02 Å². The molecule has 3 fully saturated rings. The number of amides is 2. The van der Waals surface area contributed by atoms with Crippen LogP contribution in [0.5, 0.6) is 0 Å². The number of carbonyl (C=O) groups excluding carboxylic acids is 2. The topological polar surface area (TPSA) is 110 Å². The first kappa shape index (κ1) is 26.2. The number of likely N-dealkylation sites (tertiary alicyclic amines) is 1. The van der Waals surface area contributed by atoms with Gasteiger partial charge in [0.25, 0.3) is 0 Å². The minimum absolute atomic E-state index is 0.0520. The molecule has 2 aliphatic heterocycles. The number of β-amino-alcohol motifs (C(OH)–C–C–N with tert-alkyl or cyclic N) is 1. The Bertz CT molecular complexity index is 1360. The van der Waals surface area contributed by atoms with E-state index in [-0.39, 0.29) is 23.7 Å². The van der Waals surface area contributed by atoms with Gasteiger partial charge in [0.05, 0.1) is 28.5 Å². The van der Waals surface area contributed by atoms with Crippen LogP contribution in [0.1, 0.15) is 38.5 Å². The molecule has 2 aromatic heterocycles. The molecule has 0 bridgehead atoms. The second-order valence-corrected chi connectivity index (χ2v) is 11.6. The molecule has 0 radical (unpaired) electrons. The Morgan fingerprint density at radius 2 is 1.87 bits per heavy atom. The van der Waals surface area contributed by atoms with Gasteiger partial charge in [0.2, 0.25) is 11.8 Å². The maximum Gasteiger partial charge on any atom is 0.228 e. The maximum absolute atomic E-state index is 13.2. The van der Waals surface area contributed by atoms with Gasteiger partial charge in [-0.05, 0) is 61.8 Å². The van der Waals surface area contributed by atoms with Gasteiger partial charge in [0, 0.05) is 56.4 Å². The molecule has 206 valence electrons. The van der Waals surface area contributed by atoms with E-state index < -0.39 is 6.10 Å². The number of aliphatic hydroxyl groups excluding tert-OH is 1. The van der Waals surface area contributed by atoms with Crippen LogP contribution < -0.4 is 5.32 Å². The van der Waals surface area contributed by atoms with Crippen LogP contribution in [0, 0.1) is 17.8 Å². The van der Waals surface area contributed by atoms with Crippen molar-refractivity contribution in [3.63, 3.8) is 0 Å². The molecule has 0 spiro atoms. The van der Waals surface area contributed by atoms with Gasteiger partial charge < -0.3 is 24.6 Å². The van der Waals surface area contributed by atoms with Crippen molar-refractivity contribution in [1.82, 2.24) is 19.4 Å². The highest BCUT2D eigenvalue weighted by Crippen LogP contribution is 2.34. The second-order valence-electron chi connectivity index (χ2n) is 11.2. The second kappa shape index (κ2) is 11.2. The molecule has 2 unspecified atom stereocenters. The Morgan fingerprint density at radius 3 is 2.67 bits per heavy atom. The van der Waals surface area contributed by atoms with Crippen molar-refractivity contribution >= 4 is 40.3 Å². The lowest BCUT2D eigenvalue weighted by atomic mass is 9.80. The predicted molar refractivity (Wildman–Crippen MR) is 148 cm³/mol. The third kappa shape index (κ3) is 5.66. The minimum Gasteiger partial charge on any atom is -0.389 e. The zero-order valence-electron chi connectivity index (χ0n) is 21.9. The van der Waals surface area contributed by atoms with Crippen molar-refractivity contribution in [2.75, 3.05) is 31.6 Å². The van der Waals surface area contributed by atoms with Crippen molar-refractivity contribution in [2.45, 2.75) is 51.2 Å². The Morgan fingerprint density at radius 1 is 1.08 bits per heavy atom. The molecule has 2 saturated heterocycles. The average Bonchev–Trinajstić information content (AvgIpc) is 3.34. The molecule has 2 atom stereocenters. The van der Waals surface area contributed by atoms with E-state index in [4.69, 9.17) is 16.3 Å². The molecule has 2 N–H and O–H groups in total. The Kier molecular flexibility index (Phi) is 7.55. The summed E-state index contributed by atoms with van der Waals surface area (Å²) in [6, 6.07) is 7.90. The Balaban J connectivity index is 1.16. The third-order valence-corrected chi connectivity index (χ3v) is 8.70. The Labute approximate surface area is 232 Å². The van der Waals surface area contributed by atoms with Crippen LogP contribution in [0.4, 0.5) is 5.82 Å². The number of ether oxygens (including phenoxy) is 1. The summed E-state index contributed by atoms with van der Waals surface area (Å²) in [6.07, 6.45) is 8.02. The molecule has 2 amide bonds. The number of hydrogen-bond donors (Lipinski definition) is 2. The molecule has 1 saturated carbocycles. The summed E-state index contributed by atoms with van der Waals surface area (Å²) < 4.78 is 7.71. The van der Waals surface area contributed by atoms with E-state index in [0.29, 0.717) is 36.3 Å². The fourth-order valence-corrected chi connectivity index (χ4v) is 6.29. The fourth-order valence-electron chi connectivity index (χ4n) is 6.08. The maximum atomic E-state index is 13.2. The standard InChI is InChI=1S/C29H34ClN5O4/c30-24-13-31-27(33-28(37)20-2-1-3-21(10-20)29(38)34-15-22(36)16-34)12-23(24)19-4-5-25-26(11-19)35(17-32-25)14-18-6-8-39-9-7-18/h4-5,11-13,17-18,20-22,36H,1-3,6-10,14-16H2,(H,31,33,37). The van der Waals surface area contributed by atoms with Gasteiger partial charge in [-0.3, -0.25) is 9.59 Å². The smallest absolute Gasteiger partial charge is 0.228 e. The van der Waals surface area contributed by atoms with Gasteiger partial charge >= 0.3 is 0 Å². The predicted octanol–water partition coefficient (Wildman–Crippen LogP) is 4.13. The highest BCUT2D eigenvalue weighted by atomic mass is 35.5. The number of nitrogens with zero attached hydrogens (tertiary/aromatic N) is 4. The summed E-state index contributed by atoms with van der Waals surface area (Å²) in [5.41, 5.74) is 3.69. The largest absolute Gasteiger partial charge is 0.389 e. The number of aliphatic hydroxyl groups is 1. The molecule has 1 aliphatic carbocycles. The first-order chi connectivity index (χ1) is 18.9. The quantitative estimate of drug-likeness (QED) is 0.477. The number of fused-ring (bicyclic) bond motifs is 1. The number of halogens is 1. The summed E-state index contributed by atoms with van der Waals surface area (Å²) in [7, 11) is 0. The van der Waals surface area contributed by atoms with Crippen LogP contribution >= 0.6 is 11.6 Å². The molecule has 6 rings (SSSR count). The fraction of sp³-hybridized carbons (Fsp3) is 0.517. The Hall–Kier alpha value is -3.01. The first-order valence-corrected chi connectivity index (χ1v) is 14.3. The van der Waals surface area contributed by atoms with Crippen LogP contribution in [0.3, 0.4) is 0 Å². The van der Waals surface area contributed by atoms with Crippen molar-refractivity contribution in [3.05, 3.63) is 41.8 Å². The lowest BCUT2D eigenvalue weighted by molar-refractivity contribution is -0.147. The molecule has 9 nitrogen and oxygen atoms in total. The van der Waals surface area contributed by atoms with E-state index in [1.165, 1.54) is 0 Å². The third-order valence-electron chi connectivity index (χ3n) is 8.40.